The van der Waals surface area contributed by atoms with Gasteiger partial charge in [0.25, 0.3) is 0 Å². The number of nitrogens with two attached hydrogens (primary N) is 1. The van der Waals surface area contributed by atoms with Gasteiger partial charge in [-0.2, -0.15) is 4.99 Å². The van der Waals surface area contributed by atoms with Gasteiger partial charge in [-0.1, -0.05) is 127 Å². The van der Waals surface area contributed by atoms with Crippen LogP contribution in [-0.4, -0.2) is 11.7 Å². The van der Waals surface area contributed by atoms with Gasteiger partial charge in [0.1, 0.15) is 11.2 Å². The number of fused-ring (bicyclic) bond motifs is 5. The average molecular weight is 655 g/mol. The first-order valence-electron chi connectivity index (χ1n) is 17.4. The van der Waals surface area contributed by atoms with Gasteiger partial charge in [0, 0.05) is 27.5 Å². The summed E-state index contributed by atoms with van der Waals surface area (Å²) in [6.07, 6.45) is -0.213. The summed E-state index contributed by atoms with van der Waals surface area (Å²) >= 11 is 0. The van der Waals surface area contributed by atoms with Gasteiger partial charge in [-0.3, -0.25) is 5.32 Å². The molecule has 0 spiro atoms. The maximum absolute atomic E-state index is 6.83. The third-order valence-corrected chi connectivity index (χ3v) is 10.0. The van der Waals surface area contributed by atoms with Crippen LogP contribution < -0.4 is 5.32 Å². The van der Waals surface area contributed by atoms with E-state index in [1.54, 1.807) is 0 Å². The summed E-state index contributed by atoms with van der Waals surface area (Å²) in [5.74, 6) is 1.60. The highest BCUT2D eigenvalue weighted by atomic mass is 16.3. The fraction of sp³-hybridized carbons (Fsp3) is 0.0213. The second kappa shape index (κ2) is 12.1. The van der Waals surface area contributed by atoms with Gasteiger partial charge in [0.05, 0.1) is 5.56 Å². The zero-order valence-electron chi connectivity index (χ0n) is 27.7. The van der Waals surface area contributed by atoms with Crippen LogP contribution in [0, 0.1) is 0 Å². The highest BCUT2D eigenvalue weighted by molar-refractivity contribution is 6.23. The van der Waals surface area contributed by atoms with Crippen LogP contribution >= 0.6 is 0 Å². The van der Waals surface area contributed by atoms with Crippen molar-refractivity contribution in [2.75, 3.05) is 0 Å². The lowest BCUT2D eigenvalue weighted by Gasteiger charge is -2.20. The fourth-order valence-corrected chi connectivity index (χ4v) is 7.51. The van der Waals surface area contributed by atoms with E-state index in [0.717, 1.165) is 66.7 Å². The van der Waals surface area contributed by atoms with Crippen LogP contribution in [0.5, 0.6) is 0 Å². The van der Waals surface area contributed by atoms with Crippen LogP contribution in [0.2, 0.25) is 0 Å². The van der Waals surface area contributed by atoms with E-state index in [-0.39, 0.29) is 6.17 Å². The molecule has 4 nitrogen and oxygen atoms in total. The number of hydrogen-bond donors (Lipinski definition) is 1. The summed E-state index contributed by atoms with van der Waals surface area (Å²) in [5, 5.41) is 9.04. The minimum atomic E-state index is -0.213. The molecule has 240 valence electrons. The van der Waals surface area contributed by atoms with Gasteiger partial charge >= 0.3 is 0 Å². The topological polar surface area (TPSA) is 54.5 Å². The Kier molecular flexibility index (Phi) is 6.93. The number of quaternary nitrogens is 1. The molecular formula is C47H32N3O+. The molecule has 1 aromatic heterocycles. The Hall–Kier alpha value is -6.62. The van der Waals surface area contributed by atoms with Crippen LogP contribution in [0.1, 0.15) is 22.9 Å². The normalized spacial score (nSPS) is 14.6. The van der Waals surface area contributed by atoms with Crippen molar-refractivity contribution in [3.05, 3.63) is 193 Å². The molecule has 0 radical (unpaired) electrons. The van der Waals surface area contributed by atoms with E-state index in [0.29, 0.717) is 5.84 Å². The second-order valence-corrected chi connectivity index (χ2v) is 13.1. The maximum Gasteiger partial charge on any atom is 0.235 e. The smallest absolute Gasteiger partial charge is 0.235 e. The van der Waals surface area contributed by atoms with Crippen molar-refractivity contribution >= 4 is 55.2 Å². The van der Waals surface area contributed by atoms with Gasteiger partial charge in [0.15, 0.2) is 5.84 Å². The lowest BCUT2D eigenvalue weighted by molar-refractivity contribution is -0.586. The van der Waals surface area contributed by atoms with Gasteiger partial charge in [-0.15, -0.1) is 0 Å². The van der Waals surface area contributed by atoms with E-state index in [4.69, 9.17) is 14.4 Å². The van der Waals surface area contributed by atoms with Gasteiger partial charge in [0.2, 0.25) is 12.0 Å². The average Bonchev–Trinajstić information content (AvgIpc) is 3.60. The lowest BCUT2D eigenvalue weighted by atomic mass is 9.89. The summed E-state index contributed by atoms with van der Waals surface area (Å²) in [6, 6.07) is 62.0. The van der Waals surface area contributed by atoms with Crippen molar-refractivity contribution in [1.82, 2.24) is 0 Å². The predicted octanol–water partition coefficient (Wildman–Crippen LogP) is 10.7. The van der Waals surface area contributed by atoms with Crippen molar-refractivity contribution in [3.8, 4) is 22.3 Å². The Morgan fingerprint density at radius 1 is 0.471 bits per heavy atom. The molecule has 0 aliphatic carbocycles. The van der Waals surface area contributed by atoms with Crippen molar-refractivity contribution in [3.63, 3.8) is 0 Å². The van der Waals surface area contributed by atoms with E-state index in [9.17, 15) is 0 Å². The lowest BCUT2D eigenvalue weighted by Crippen LogP contribution is -2.90. The van der Waals surface area contributed by atoms with E-state index >= 15 is 0 Å². The zero-order valence-corrected chi connectivity index (χ0v) is 27.7. The number of amidine groups is 2. The Morgan fingerprint density at radius 3 is 1.84 bits per heavy atom. The molecule has 1 unspecified atom stereocenters. The number of rotatable bonds is 5. The molecule has 0 saturated carbocycles. The molecule has 0 saturated heterocycles. The minimum Gasteiger partial charge on any atom is -0.455 e. The number of para-hydroxylation sites is 1. The largest absolute Gasteiger partial charge is 0.455 e. The molecule has 8 aromatic carbocycles. The first-order chi connectivity index (χ1) is 25.3. The maximum atomic E-state index is 6.83. The molecular weight excluding hydrogens is 623 g/mol. The molecule has 4 heteroatoms. The Bertz CT molecular complexity index is 2830. The molecule has 10 rings (SSSR count). The first kappa shape index (κ1) is 29.3. The van der Waals surface area contributed by atoms with Gasteiger partial charge in [-0.25, -0.2) is 4.99 Å². The highest BCUT2D eigenvalue weighted by Gasteiger charge is 2.28. The van der Waals surface area contributed by atoms with Crippen LogP contribution in [-0.2, 0) is 0 Å². The molecule has 2 N–H and O–H groups in total. The van der Waals surface area contributed by atoms with E-state index < -0.39 is 0 Å². The zero-order chi connectivity index (χ0) is 33.7. The molecule has 0 bridgehead atoms. The molecule has 0 amide bonds. The molecule has 2 heterocycles. The number of furan rings is 1. The summed E-state index contributed by atoms with van der Waals surface area (Å²) in [5.41, 5.74) is 9.29. The van der Waals surface area contributed by atoms with Crippen molar-refractivity contribution in [2.45, 2.75) is 6.17 Å². The molecule has 51 heavy (non-hydrogen) atoms. The Labute approximate surface area is 295 Å². The third kappa shape index (κ3) is 5.13. The number of aliphatic imine (C=N–C) groups is 2. The Balaban J connectivity index is 1.22. The van der Waals surface area contributed by atoms with Crippen molar-refractivity contribution < 1.29 is 9.73 Å². The van der Waals surface area contributed by atoms with E-state index in [1.165, 1.54) is 21.5 Å². The summed E-state index contributed by atoms with van der Waals surface area (Å²) in [7, 11) is 0. The standard InChI is InChI=1S/C47H31N3O/c1-3-14-31(15-4-1)40-28-34-19-9-10-20-35(34)29-41(40)37-25-26-39(43-38-21-11-12-22-42(38)51-44(37)43)47-49-45(32-16-5-2-6-17-32)48-46(50-47)36-24-23-30-13-7-8-18-33(30)27-36/h1-29,46H,(H,48,49,50)/p+1. The summed E-state index contributed by atoms with van der Waals surface area (Å²) in [6.45, 7) is 0. The van der Waals surface area contributed by atoms with Crippen LogP contribution in [0.25, 0.3) is 65.7 Å². The molecule has 0 fully saturated rings. The van der Waals surface area contributed by atoms with Crippen molar-refractivity contribution in [1.29, 1.82) is 0 Å². The van der Waals surface area contributed by atoms with Crippen LogP contribution in [0.3, 0.4) is 0 Å². The second-order valence-electron chi connectivity index (χ2n) is 13.1. The highest BCUT2D eigenvalue weighted by Crippen LogP contribution is 2.43. The summed E-state index contributed by atoms with van der Waals surface area (Å²) < 4.78 is 6.83. The van der Waals surface area contributed by atoms with E-state index in [2.05, 4.69) is 163 Å². The monoisotopic (exact) mass is 654 g/mol. The summed E-state index contributed by atoms with van der Waals surface area (Å²) in [4.78, 5) is 10.7. The minimum absolute atomic E-state index is 0.213. The molecule has 1 aliphatic rings. The predicted molar refractivity (Wildman–Crippen MR) is 210 cm³/mol. The van der Waals surface area contributed by atoms with E-state index in [1.807, 2.05) is 18.2 Å². The SMILES string of the molecule is c1ccc(C2=NC(c3ccc(-c4cc5ccccc5cc4-c4ccccc4)c4oc5ccccc5c34)=NC(c3ccc4ccccc4c3)[NH2+]2)cc1. The molecule has 9 aromatic rings. The number of benzene rings is 8. The quantitative estimate of drug-likeness (QED) is 0.197. The number of hydrogen-bond acceptors (Lipinski definition) is 3. The van der Waals surface area contributed by atoms with Gasteiger partial charge < -0.3 is 4.42 Å². The Morgan fingerprint density at radius 2 is 1.08 bits per heavy atom. The first-order valence-corrected chi connectivity index (χ1v) is 17.4. The van der Waals surface area contributed by atoms with Crippen LogP contribution in [0.4, 0.5) is 0 Å². The van der Waals surface area contributed by atoms with Crippen LogP contribution in [0.15, 0.2) is 190 Å². The fourth-order valence-electron chi connectivity index (χ4n) is 7.51. The molecule has 1 atom stereocenters. The molecule has 1 aliphatic heterocycles. The van der Waals surface area contributed by atoms with Gasteiger partial charge in [-0.05, 0) is 86.8 Å². The van der Waals surface area contributed by atoms with Crippen molar-refractivity contribution in [2.24, 2.45) is 9.98 Å². The third-order valence-electron chi connectivity index (χ3n) is 10.0. The number of nitrogens with zero attached hydrogens (tertiary/aromatic N) is 2.